The normalized spacial score (nSPS) is 15.6. The molecule has 1 aromatic heterocycles. The highest BCUT2D eigenvalue weighted by Gasteiger charge is 2.17. The van der Waals surface area contributed by atoms with E-state index >= 15 is 0 Å². The summed E-state index contributed by atoms with van der Waals surface area (Å²) in [5.74, 6) is 0.999. The SMILES string of the molecule is CN=C(NCCc1ncc(C)s1)NCCN1CCN(C(C)=O)CC1.I. The second-order valence-electron chi connectivity index (χ2n) is 5.89. The van der Waals surface area contributed by atoms with Crippen LogP contribution in [-0.2, 0) is 11.2 Å². The molecule has 1 amide bonds. The fourth-order valence-electron chi connectivity index (χ4n) is 2.64. The summed E-state index contributed by atoms with van der Waals surface area (Å²) in [6.45, 7) is 9.88. The van der Waals surface area contributed by atoms with Gasteiger partial charge in [0.1, 0.15) is 0 Å². The van der Waals surface area contributed by atoms with Crippen LogP contribution in [0.2, 0.25) is 0 Å². The van der Waals surface area contributed by atoms with Crippen molar-refractivity contribution in [3.05, 3.63) is 16.1 Å². The predicted octanol–water partition coefficient (Wildman–Crippen LogP) is 0.941. The molecule has 9 heteroatoms. The lowest BCUT2D eigenvalue weighted by Crippen LogP contribution is -2.50. The van der Waals surface area contributed by atoms with Crippen LogP contribution in [0.3, 0.4) is 0 Å². The van der Waals surface area contributed by atoms with Gasteiger partial charge in [-0.05, 0) is 6.92 Å². The number of thiazole rings is 1. The minimum atomic E-state index is 0. The molecule has 1 aliphatic heterocycles. The van der Waals surface area contributed by atoms with Gasteiger partial charge in [-0.25, -0.2) is 4.98 Å². The van der Waals surface area contributed by atoms with Gasteiger partial charge in [0, 0.05) is 77.3 Å². The van der Waals surface area contributed by atoms with Crippen molar-refractivity contribution in [3.63, 3.8) is 0 Å². The Morgan fingerprint density at radius 1 is 1.28 bits per heavy atom. The van der Waals surface area contributed by atoms with Gasteiger partial charge in [-0.15, -0.1) is 35.3 Å². The first-order valence-corrected chi connectivity index (χ1v) is 9.24. The maximum absolute atomic E-state index is 11.3. The third-order valence-electron chi connectivity index (χ3n) is 4.06. The molecule has 25 heavy (non-hydrogen) atoms. The van der Waals surface area contributed by atoms with Gasteiger partial charge in [-0.3, -0.25) is 14.7 Å². The number of nitrogens with zero attached hydrogens (tertiary/aromatic N) is 4. The topological polar surface area (TPSA) is 72.9 Å². The van der Waals surface area contributed by atoms with Crippen molar-refractivity contribution < 1.29 is 4.79 Å². The summed E-state index contributed by atoms with van der Waals surface area (Å²) in [5.41, 5.74) is 0. The summed E-state index contributed by atoms with van der Waals surface area (Å²) < 4.78 is 0. The van der Waals surface area contributed by atoms with Gasteiger partial charge in [-0.2, -0.15) is 0 Å². The summed E-state index contributed by atoms with van der Waals surface area (Å²) in [6.07, 6.45) is 2.82. The fraction of sp³-hybridized carbons (Fsp3) is 0.688. The summed E-state index contributed by atoms with van der Waals surface area (Å²) >= 11 is 1.74. The van der Waals surface area contributed by atoms with E-state index in [2.05, 4.69) is 32.4 Å². The van der Waals surface area contributed by atoms with Gasteiger partial charge in [0.25, 0.3) is 0 Å². The number of aromatic nitrogens is 1. The molecule has 0 spiro atoms. The molecule has 0 bridgehead atoms. The van der Waals surface area contributed by atoms with Gasteiger partial charge < -0.3 is 15.5 Å². The van der Waals surface area contributed by atoms with Crippen LogP contribution in [0.25, 0.3) is 0 Å². The van der Waals surface area contributed by atoms with Crippen molar-refractivity contribution in [2.75, 3.05) is 52.9 Å². The molecule has 0 radical (unpaired) electrons. The Bertz CT molecular complexity index is 557. The Hall–Kier alpha value is -0.940. The molecule has 2 heterocycles. The lowest BCUT2D eigenvalue weighted by Gasteiger charge is -2.34. The van der Waals surface area contributed by atoms with Crippen LogP contribution < -0.4 is 10.6 Å². The lowest BCUT2D eigenvalue weighted by molar-refractivity contribution is -0.130. The lowest BCUT2D eigenvalue weighted by atomic mass is 10.3. The van der Waals surface area contributed by atoms with Crippen LogP contribution in [-0.4, -0.2) is 79.5 Å². The van der Waals surface area contributed by atoms with Crippen LogP contribution in [0.15, 0.2) is 11.2 Å². The second kappa shape index (κ2) is 11.6. The minimum absolute atomic E-state index is 0. The van der Waals surface area contributed by atoms with Crippen LogP contribution in [0, 0.1) is 6.92 Å². The van der Waals surface area contributed by atoms with E-state index in [1.165, 1.54) is 4.88 Å². The molecule has 2 N–H and O–H groups in total. The molecule has 0 aromatic carbocycles. The van der Waals surface area contributed by atoms with Crippen LogP contribution in [0.1, 0.15) is 16.8 Å². The summed E-state index contributed by atoms with van der Waals surface area (Å²) in [7, 11) is 1.79. The molecule has 7 nitrogen and oxygen atoms in total. The van der Waals surface area contributed by atoms with Crippen molar-refractivity contribution in [3.8, 4) is 0 Å². The van der Waals surface area contributed by atoms with Crippen molar-refractivity contribution in [1.29, 1.82) is 0 Å². The Kier molecular flexibility index (Phi) is 10.3. The maximum atomic E-state index is 11.3. The van der Waals surface area contributed by atoms with Crippen molar-refractivity contribution in [1.82, 2.24) is 25.4 Å². The number of nitrogens with one attached hydrogen (secondary N) is 2. The molecular weight excluding hydrogens is 451 g/mol. The third-order valence-corrected chi connectivity index (χ3v) is 5.03. The molecule has 0 atom stereocenters. The maximum Gasteiger partial charge on any atom is 0.219 e. The highest BCUT2D eigenvalue weighted by molar-refractivity contribution is 14.0. The van der Waals surface area contributed by atoms with Crippen LogP contribution in [0.4, 0.5) is 0 Å². The molecule has 1 aromatic rings. The van der Waals surface area contributed by atoms with Gasteiger partial charge in [0.2, 0.25) is 5.91 Å². The third kappa shape index (κ3) is 7.87. The van der Waals surface area contributed by atoms with E-state index in [1.54, 1.807) is 25.3 Å². The van der Waals surface area contributed by atoms with E-state index in [4.69, 9.17) is 0 Å². The number of halogens is 1. The average Bonchev–Trinajstić information content (AvgIpc) is 2.99. The number of piperazine rings is 1. The molecule has 1 saturated heterocycles. The number of carbonyl (C=O) groups excluding carboxylic acids is 1. The van der Waals surface area contributed by atoms with E-state index in [9.17, 15) is 4.79 Å². The zero-order chi connectivity index (χ0) is 17.4. The molecule has 1 aliphatic rings. The summed E-state index contributed by atoms with van der Waals surface area (Å²) in [5, 5.41) is 7.81. The Morgan fingerprint density at radius 3 is 2.52 bits per heavy atom. The smallest absolute Gasteiger partial charge is 0.219 e. The van der Waals surface area contributed by atoms with Crippen LogP contribution in [0.5, 0.6) is 0 Å². The van der Waals surface area contributed by atoms with Crippen molar-refractivity contribution >= 4 is 47.2 Å². The van der Waals surface area contributed by atoms with Crippen molar-refractivity contribution in [2.24, 2.45) is 4.99 Å². The number of aliphatic imine (C=N–C) groups is 1. The number of hydrogen-bond donors (Lipinski definition) is 2. The van der Waals surface area contributed by atoms with Gasteiger partial charge >= 0.3 is 0 Å². The molecule has 0 saturated carbocycles. The number of guanidine groups is 1. The number of carbonyl (C=O) groups is 1. The molecule has 1 fully saturated rings. The molecule has 0 aliphatic carbocycles. The van der Waals surface area contributed by atoms with Gasteiger partial charge in [-0.1, -0.05) is 0 Å². The Labute approximate surface area is 171 Å². The molecule has 2 rings (SSSR count). The molecule has 0 unspecified atom stereocenters. The molecule has 142 valence electrons. The van der Waals surface area contributed by atoms with Gasteiger partial charge in [0.05, 0.1) is 5.01 Å². The number of aryl methyl sites for hydroxylation is 1. The number of rotatable bonds is 6. The monoisotopic (exact) mass is 480 g/mol. The van der Waals surface area contributed by atoms with E-state index in [1.807, 2.05) is 11.1 Å². The quantitative estimate of drug-likeness (QED) is 0.360. The highest BCUT2D eigenvalue weighted by Crippen LogP contribution is 2.10. The van der Waals surface area contributed by atoms with Crippen LogP contribution >= 0.6 is 35.3 Å². The first-order chi connectivity index (χ1) is 11.6. The van der Waals surface area contributed by atoms with Crippen molar-refractivity contribution in [2.45, 2.75) is 20.3 Å². The largest absolute Gasteiger partial charge is 0.356 e. The highest BCUT2D eigenvalue weighted by atomic mass is 127. The Morgan fingerprint density at radius 2 is 1.96 bits per heavy atom. The zero-order valence-electron chi connectivity index (χ0n) is 15.2. The van der Waals surface area contributed by atoms with E-state index < -0.39 is 0 Å². The van der Waals surface area contributed by atoms with E-state index in [0.717, 1.165) is 63.2 Å². The second-order valence-corrected chi connectivity index (χ2v) is 7.21. The predicted molar refractivity (Wildman–Crippen MR) is 114 cm³/mol. The fourth-order valence-corrected chi connectivity index (χ4v) is 3.43. The standard InChI is InChI=1S/C16H28N6OS.HI/c1-13-12-20-15(24-13)4-5-18-16(17-3)19-6-7-21-8-10-22(11-9-21)14(2)23;/h12H,4-11H2,1-3H3,(H2,17,18,19);1H. The average molecular weight is 480 g/mol. The Balaban J connectivity index is 0.00000312. The summed E-state index contributed by atoms with van der Waals surface area (Å²) in [6, 6.07) is 0. The molecular formula is C16H29IN6OS. The summed E-state index contributed by atoms with van der Waals surface area (Å²) in [4.78, 5) is 25.5. The zero-order valence-corrected chi connectivity index (χ0v) is 18.4. The van der Waals surface area contributed by atoms with E-state index in [0.29, 0.717) is 0 Å². The number of amides is 1. The first-order valence-electron chi connectivity index (χ1n) is 8.42. The first kappa shape index (κ1) is 22.1. The number of hydrogen-bond acceptors (Lipinski definition) is 5. The minimum Gasteiger partial charge on any atom is -0.356 e. The van der Waals surface area contributed by atoms with E-state index in [-0.39, 0.29) is 29.9 Å². The van der Waals surface area contributed by atoms with Gasteiger partial charge in [0.15, 0.2) is 5.96 Å².